The number of halogens is 1. The number of aliphatic imine (C=N–C) groups is 1. The van der Waals surface area contributed by atoms with Gasteiger partial charge in [0.05, 0.1) is 19.3 Å². The van der Waals surface area contributed by atoms with Gasteiger partial charge in [-0.15, -0.1) is 24.0 Å². The maximum atomic E-state index is 6.15. The lowest BCUT2D eigenvalue weighted by Crippen LogP contribution is -2.45. The van der Waals surface area contributed by atoms with E-state index in [4.69, 9.17) is 10.5 Å². The maximum Gasteiger partial charge on any atom is 0.191 e. The number of likely N-dealkylation sites (tertiary alicyclic amines) is 1. The van der Waals surface area contributed by atoms with Crippen LogP contribution in [-0.4, -0.2) is 67.2 Å². The number of nitrogens with zero attached hydrogens (tertiary/aromatic N) is 3. The predicted molar refractivity (Wildman–Crippen MR) is 96.3 cm³/mol. The standard InChI is InChI=1S/C15H28N4O.HI/c16-15(18-7-3-1-2-4-8-18)17-11-14-12-19(9-10-20-14)13-5-6-13;/h13-14H,1-12H2,(H2,16,17);1H. The second-order valence-corrected chi connectivity index (χ2v) is 6.32. The topological polar surface area (TPSA) is 54.1 Å². The molecule has 3 rings (SSSR count). The lowest BCUT2D eigenvalue weighted by Gasteiger charge is -2.32. The van der Waals surface area contributed by atoms with Crippen molar-refractivity contribution >= 4 is 29.9 Å². The molecule has 0 spiro atoms. The quantitative estimate of drug-likeness (QED) is 0.439. The fraction of sp³-hybridized carbons (Fsp3) is 0.933. The average molecular weight is 408 g/mol. The highest BCUT2D eigenvalue weighted by atomic mass is 127. The Balaban J connectivity index is 0.00000161. The van der Waals surface area contributed by atoms with E-state index in [-0.39, 0.29) is 30.1 Å². The summed E-state index contributed by atoms with van der Waals surface area (Å²) in [5, 5.41) is 0. The van der Waals surface area contributed by atoms with Gasteiger partial charge in [-0.25, -0.2) is 0 Å². The molecular formula is C15H29IN4O. The van der Waals surface area contributed by atoms with Crippen LogP contribution in [0.5, 0.6) is 0 Å². The van der Waals surface area contributed by atoms with Crippen molar-refractivity contribution in [3.05, 3.63) is 0 Å². The van der Waals surface area contributed by atoms with Crippen molar-refractivity contribution in [3.63, 3.8) is 0 Å². The third-order valence-electron chi connectivity index (χ3n) is 4.62. The molecule has 1 aliphatic carbocycles. The van der Waals surface area contributed by atoms with Gasteiger partial charge in [-0.3, -0.25) is 9.89 Å². The molecule has 3 fully saturated rings. The van der Waals surface area contributed by atoms with E-state index in [0.29, 0.717) is 6.54 Å². The molecule has 5 nitrogen and oxygen atoms in total. The van der Waals surface area contributed by atoms with Crippen LogP contribution in [0.3, 0.4) is 0 Å². The minimum absolute atomic E-state index is 0. The van der Waals surface area contributed by atoms with Crippen molar-refractivity contribution in [2.75, 3.05) is 39.3 Å². The molecule has 3 aliphatic rings. The molecule has 2 aliphatic heterocycles. The van der Waals surface area contributed by atoms with E-state index in [9.17, 15) is 0 Å². The first-order valence-electron chi connectivity index (χ1n) is 8.23. The second kappa shape index (κ2) is 8.53. The number of hydrogen-bond acceptors (Lipinski definition) is 3. The number of nitrogens with two attached hydrogens (primary N) is 1. The van der Waals surface area contributed by atoms with Gasteiger partial charge in [0.1, 0.15) is 0 Å². The van der Waals surface area contributed by atoms with Gasteiger partial charge in [0.15, 0.2) is 5.96 Å². The summed E-state index contributed by atoms with van der Waals surface area (Å²) in [7, 11) is 0. The van der Waals surface area contributed by atoms with Crippen LogP contribution in [0, 0.1) is 0 Å². The largest absolute Gasteiger partial charge is 0.374 e. The molecule has 0 aromatic carbocycles. The summed E-state index contributed by atoms with van der Waals surface area (Å²) >= 11 is 0. The fourth-order valence-electron chi connectivity index (χ4n) is 3.22. The monoisotopic (exact) mass is 408 g/mol. The van der Waals surface area contributed by atoms with Gasteiger partial charge in [0.2, 0.25) is 0 Å². The molecule has 2 saturated heterocycles. The molecule has 0 bridgehead atoms. The van der Waals surface area contributed by atoms with Gasteiger partial charge in [0.25, 0.3) is 0 Å². The molecule has 1 unspecified atom stereocenters. The van der Waals surface area contributed by atoms with Crippen LogP contribution in [0.15, 0.2) is 4.99 Å². The average Bonchev–Trinajstić information content (AvgIpc) is 3.30. The summed E-state index contributed by atoms with van der Waals surface area (Å²) in [4.78, 5) is 9.40. The molecule has 2 N–H and O–H groups in total. The van der Waals surface area contributed by atoms with Crippen molar-refractivity contribution in [1.82, 2.24) is 9.80 Å². The van der Waals surface area contributed by atoms with Crippen LogP contribution in [-0.2, 0) is 4.74 Å². The summed E-state index contributed by atoms with van der Waals surface area (Å²) < 4.78 is 5.83. The summed E-state index contributed by atoms with van der Waals surface area (Å²) in [5.74, 6) is 0.721. The van der Waals surface area contributed by atoms with Crippen molar-refractivity contribution in [2.24, 2.45) is 10.7 Å². The lowest BCUT2D eigenvalue weighted by atomic mass is 10.2. The molecule has 0 radical (unpaired) electrons. The Hall–Kier alpha value is -0.0800. The molecular weight excluding hydrogens is 379 g/mol. The number of morpholine rings is 1. The van der Waals surface area contributed by atoms with Crippen LogP contribution in [0.1, 0.15) is 38.5 Å². The third kappa shape index (κ3) is 5.25. The minimum Gasteiger partial charge on any atom is -0.374 e. The smallest absolute Gasteiger partial charge is 0.191 e. The Kier molecular flexibility index (Phi) is 7.01. The van der Waals surface area contributed by atoms with Gasteiger partial charge in [-0.05, 0) is 25.7 Å². The number of guanidine groups is 1. The van der Waals surface area contributed by atoms with E-state index in [0.717, 1.165) is 44.8 Å². The molecule has 1 saturated carbocycles. The minimum atomic E-state index is 0. The Morgan fingerprint density at radius 2 is 1.81 bits per heavy atom. The molecule has 0 aromatic rings. The van der Waals surface area contributed by atoms with E-state index < -0.39 is 0 Å². The summed E-state index contributed by atoms with van der Waals surface area (Å²) in [6.07, 6.45) is 8.10. The first kappa shape index (κ1) is 17.3. The molecule has 2 heterocycles. The van der Waals surface area contributed by atoms with Gasteiger partial charge in [-0.1, -0.05) is 12.8 Å². The van der Waals surface area contributed by atoms with E-state index in [1.54, 1.807) is 0 Å². The zero-order chi connectivity index (χ0) is 13.8. The third-order valence-corrected chi connectivity index (χ3v) is 4.62. The number of hydrogen-bond donors (Lipinski definition) is 1. The first-order chi connectivity index (χ1) is 9.83. The first-order valence-corrected chi connectivity index (χ1v) is 8.23. The van der Waals surface area contributed by atoms with Crippen LogP contribution in [0.2, 0.25) is 0 Å². The molecule has 0 aromatic heterocycles. The van der Waals surface area contributed by atoms with Gasteiger partial charge < -0.3 is 15.4 Å². The highest BCUT2D eigenvalue weighted by Gasteiger charge is 2.32. The highest BCUT2D eigenvalue weighted by Crippen LogP contribution is 2.28. The second-order valence-electron chi connectivity index (χ2n) is 6.32. The fourth-order valence-corrected chi connectivity index (χ4v) is 3.22. The maximum absolute atomic E-state index is 6.15. The van der Waals surface area contributed by atoms with E-state index in [1.165, 1.54) is 38.5 Å². The van der Waals surface area contributed by atoms with Crippen molar-refractivity contribution in [3.8, 4) is 0 Å². The van der Waals surface area contributed by atoms with Crippen molar-refractivity contribution < 1.29 is 4.74 Å². The summed E-state index contributed by atoms with van der Waals surface area (Å²) in [6.45, 7) is 5.81. The summed E-state index contributed by atoms with van der Waals surface area (Å²) in [6, 6.07) is 0.827. The lowest BCUT2D eigenvalue weighted by molar-refractivity contribution is -0.0260. The molecule has 1 atom stereocenters. The zero-order valence-corrected chi connectivity index (χ0v) is 15.2. The Bertz CT molecular complexity index is 341. The van der Waals surface area contributed by atoms with E-state index in [1.807, 2.05) is 0 Å². The van der Waals surface area contributed by atoms with Crippen LogP contribution in [0.25, 0.3) is 0 Å². The van der Waals surface area contributed by atoms with Gasteiger partial charge in [-0.2, -0.15) is 0 Å². The molecule has 21 heavy (non-hydrogen) atoms. The predicted octanol–water partition coefficient (Wildman–Crippen LogP) is 1.66. The highest BCUT2D eigenvalue weighted by molar-refractivity contribution is 14.0. The Morgan fingerprint density at radius 3 is 2.48 bits per heavy atom. The normalized spacial score (nSPS) is 28.9. The molecule has 0 amide bonds. The van der Waals surface area contributed by atoms with Crippen molar-refractivity contribution in [1.29, 1.82) is 0 Å². The number of ether oxygens (including phenoxy) is 1. The Labute approximate surface area is 145 Å². The SMILES string of the molecule is I.NC(=NCC1CN(C2CC2)CCO1)N1CCCCCC1. The van der Waals surface area contributed by atoms with Crippen molar-refractivity contribution in [2.45, 2.75) is 50.7 Å². The molecule has 6 heteroatoms. The number of rotatable bonds is 3. The molecule has 122 valence electrons. The van der Waals surface area contributed by atoms with Crippen LogP contribution >= 0.6 is 24.0 Å². The Morgan fingerprint density at radius 1 is 1.10 bits per heavy atom. The van der Waals surface area contributed by atoms with Gasteiger partial charge in [0, 0.05) is 32.2 Å². The van der Waals surface area contributed by atoms with Crippen LogP contribution in [0.4, 0.5) is 0 Å². The van der Waals surface area contributed by atoms with E-state index in [2.05, 4.69) is 14.8 Å². The van der Waals surface area contributed by atoms with Gasteiger partial charge >= 0.3 is 0 Å². The summed E-state index contributed by atoms with van der Waals surface area (Å²) in [5.41, 5.74) is 6.15. The van der Waals surface area contributed by atoms with E-state index >= 15 is 0 Å². The van der Waals surface area contributed by atoms with Crippen LogP contribution < -0.4 is 5.73 Å². The zero-order valence-electron chi connectivity index (χ0n) is 12.9.